The van der Waals surface area contributed by atoms with Crippen molar-refractivity contribution in [1.82, 2.24) is 8.75 Å². The second kappa shape index (κ2) is 5.98. The van der Waals surface area contributed by atoms with E-state index in [0.717, 1.165) is 42.6 Å². The minimum Gasteiger partial charge on any atom is -0.323 e. The van der Waals surface area contributed by atoms with Gasteiger partial charge in [-0.25, -0.2) is 0 Å². The molecular weight excluding hydrogens is 254 g/mol. The number of benzene rings is 1. The lowest BCUT2D eigenvalue weighted by Crippen LogP contribution is -2.18. The van der Waals surface area contributed by atoms with Gasteiger partial charge in [-0.2, -0.15) is 8.75 Å². The quantitative estimate of drug-likeness (QED) is 0.816. The zero-order valence-corrected chi connectivity index (χ0v) is 11.2. The van der Waals surface area contributed by atoms with Gasteiger partial charge in [0.15, 0.2) is 11.0 Å². The zero-order valence-electron chi connectivity index (χ0n) is 9.64. The third-order valence-electron chi connectivity index (χ3n) is 2.49. The Balaban J connectivity index is 2.29. The van der Waals surface area contributed by atoms with Crippen LogP contribution in [0.5, 0.6) is 0 Å². The van der Waals surface area contributed by atoms with Crippen LogP contribution in [0.25, 0.3) is 0 Å². The third-order valence-corrected chi connectivity index (χ3v) is 3.36. The predicted octanol–water partition coefficient (Wildman–Crippen LogP) is 4.13. The molecule has 5 heteroatoms. The first kappa shape index (κ1) is 12.3. The van der Waals surface area contributed by atoms with E-state index < -0.39 is 0 Å². The number of hydrogen-bond acceptors (Lipinski definition) is 4. The Hall–Kier alpha value is -1.13. The largest absolute Gasteiger partial charge is 0.323 e. The molecular formula is C12H14ClN3S. The maximum Gasteiger partial charge on any atom is 0.187 e. The Bertz CT molecular complexity index is 458. The molecule has 0 fully saturated rings. The highest BCUT2D eigenvalue weighted by Gasteiger charge is 2.15. The minimum absolute atomic E-state index is 0.481. The lowest BCUT2D eigenvalue weighted by atomic mass is 10.2. The fraction of sp³-hybridized carbons (Fsp3) is 0.333. The minimum atomic E-state index is 0.481. The van der Waals surface area contributed by atoms with Crippen LogP contribution in [-0.2, 0) is 0 Å². The summed E-state index contributed by atoms with van der Waals surface area (Å²) in [5, 5.41) is 0.481. The third kappa shape index (κ3) is 2.96. The molecule has 0 aliphatic carbocycles. The highest BCUT2D eigenvalue weighted by molar-refractivity contribution is 6.99. The molecule has 0 bridgehead atoms. The molecule has 1 aromatic carbocycles. The van der Waals surface area contributed by atoms with E-state index in [-0.39, 0.29) is 0 Å². The van der Waals surface area contributed by atoms with Gasteiger partial charge >= 0.3 is 0 Å². The van der Waals surface area contributed by atoms with Crippen molar-refractivity contribution in [2.45, 2.75) is 19.8 Å². The van der Waals surface area contributed by atoms with Crippen molar-refractivity contribution in [1.29, 1.82) is 0 Å². The first-order valence-corrected chi connectivity index (χ1v) is 6.74. The van der Waals surface area contributed by atoms with Crippen LogP contribution >= 0.6 is 23.3 Å². The molecule has 0 saturated heterocycles. The smallest absolute Gasteiger partial charge is 0.187 e. The highest BCUT2D eigenvalue weighted by atomic mass is 35.5. The number of anilines is 2. The van der Waals surface area contributed by atoms with Gasteiger partial charge in [0.2, 0.25) is 0 Å². The SMILES string of the molecule is CCCCN(c1ccccc1)c1nsnc1Cl. The maximum absolute atomic E-state index is 6.06. The zero-order chi connectivity index (χ0) is 12.1. The molecule has 0 radical (unpaired) electrons. The molecule has 2 aromatic rings. The van der Waals surface area contributed by atoms with Crippen LogP contribution in [0.1, 0.15) is 19.8 Å². The van der Waals surface area contributed by atoms with E-state index in [2.05, 4.69) is 32.7 Å². The Morgan fingerprint density at radius 3 is 2.59 bits per heavy atom. The van der Waals surface area contributed by atoms with Crippen LogP contribution in [0.3, 0.4) is 0 Å². The second-order valence-corrected chi connectivity index (χ2v) is 4.61. The molecule has 17 heavy (non-hydrogen) atoms. The fourth-order valence-corrected chi connectivity index (χ4v) is 2.36. The van der Waals surface area contributed by atoms with E-state index in [1.807, 2.05) is 18.2 Å². The highest BCUT2D eigenvalue weighted by Crippen LogP contribution is 2.30. The van der Waals surface area contributed by atoms with Crippen LogP contribution in [0.2, 0.25) is 5.15 Å². The first-order valence-electron chi connectivity index (χ1n) is 5.63. The Morgan fingerprint density at radius 2 is 2.00 bits per heavy atom. The number of hydrogen-bond donors (Lipinski definition) is 0. The predicted molar refractivity (Wildman–Crippen MR) is 73.3 cm³/mol. The molecule has 3 nitrogen and oxygen atoms in total. The molecule has 0 saturated carbocycles. The molecule has 0 spiro atoms. The Kier molecular flexibility index (Phi) is 4.34. The van der Waals surface area contributed by atoms with Gasteiger partial charge in [0.05, 0.1) is 11.7 Å². The van der Waals surface area contributed by atoms with Crippen molar-refractivity contribution in [2.24, 2.45) is 0 Å². The molecule has 0 aliphatic rings. The maximum atomic E-state index is 6.06. The van der Waals surface area contributed by atoms with Crippen molar-refractivity contribution in [3.05, 3.63) is 35.5 Å². The topological polar surface area (TPSA) is 29.0 Å². The van der Waals surface area contributed by atoms with Gasteiger partial charge in [0, 0.05) is 12.2 Å². The van der Waals surface area contributed by atoms with E-state index in [4.69, 9.17) is 11.6 Å². The normalized spacial score (nSPS) is 10.5. The van der Waals surface area contributed by atoms with Gasteiger partial charge < -0.3 is 4.90 Å². The number of unbranched alkanes of at least 4 members (excludes halogenated alkanes) is 1. The van der Waals surface area contributed by atoms with Gasteiger partial charge in [0.1, 0.15) is 0 Å². The van der Waals surface area contributed by atoms with Gasteiger partial charge in [-0.1, -0.05) is 43.1 Å². The average Bonchev–Trinajstić information content (AvgIpc) is 2.78. The first-order chi connectivity index (χ1) is 8.33. The lowest BCUT2D eigenvalue weighted by Gasteiger charge is -2.22. The summed E-state index contributed by atoms with van der Waals surface area (Å²) in [6.07, 6.45) is 2.24. The van der Waals surface area contributed by atoms with Crippen LogP contribution in [-0.4, -0.2) is 15.3 Å². The van der Waals surface area contributed by atoms with E-state index in [0.29, 0.717) is 5.15 Å². The lowest BCUT2D eigenvalue weighted by molar-refractivity contribution is 0.782. The number of aromatic nitrogens is 2. The van der Waals surface area contributed by atoms with E-state index in [1.54, 1.807) is 0 Å². The van der Waals surface area contributed by atoms with E-state index in [9.17, 15) is 0 Å². The molecule has 0 unspecified atom stereocenters. The summed E-state index contributed by atoms with van der Waals surface area (Å²) in [6, 6.07) is 10.2. The van der Waals surface area contributed by atoms with Crippen molar-refractivity contribution >= 4 is 34.8 Å². The van der Waals surface area contributed by atoms with Crippen molar-refractivity contribution < 1.29 is 0 Å². The number of para-hydroxylation sites is 1. The van der Waals surface area contributed by atoms with Crippen LogP contribution < -0.4 is 4.90 Å². The molecule has 1 aromatic heterocycles. The fourth-order valence-electron chi connectivity index (χ4n) is 1.62. The summed E-state index contributed by atoms with van der Waals surface area (Å²) in [5.74, 6) is 0.760. The van der Waals surface area contributed by atoms with Gasteiger partial charge in [0.25, 0.3) is 0 Å². The summed E-state index contributed by atoms with van der Waals surface area (Å²) in [5.41, 5.74) is 1.11. The van der Waals surface area contributed by atoms with Crippen molar-refractivity contribution in [3.63, 3.8) is 0 Å². The monoisotopic (exact) mass is 267 g/mol. The Labute approximate surface area is 110 Å². The molecule has 0 amide bonds. The van der Waals surface area contributed by atoms with E-state index >= 15 is 0 Å². The summed E-state index contributed by atoms with van der Waals surface area (Å²) < 4.78 is 8.30. The molecule has 0 N–H and O–H groups in total. The standard InChI is InChI=1S/C12H14ClN3S/c1-2-3-9-16(10-7-5-4-6-8-10)12-11(13)14-17-15-12/h4-8H,2-3,9H2,1H3. The van der Waals surface area contributed by atoms with Crippen molar-refractivity contribution in [2.75, 3.05) is 11.4 Å². The average molecular weight is 268 g/mol. The molecule has 90 valence electrons. The number of rotatable bonds is 5. The molecule has 1 heterocycles. The van der Waals surface area contributed by atoms with Gasteiger partial charge in [-0.3, -0.25) is 0 Å². The van der Waals surface area contributed by atoms with Crippen LogP contribution in [0.15, 0.2) is 30.3 Å². The summed E-state index contributed by atoms with van der Waals surface area (Å²) in [4.78, 5) is 2.12. The van der Waals surface area contributed by atoms with Crippen LogP contribution in [0.4, 0.5) is 11.5 Å². The summed E-state index contributed by atoms with van der Waals surface area (Å²) >= 11 is 7.21. The molecule has 2 rings (SSSR count). The number of halogens is 1. The van der Waals surface area contributed by atoms with Gasteiger partial charge in [-0.15, -0.1) is 0 Å². The van der Waals surface area contributed by atoms with Gasteiger partial charge in [-0.05, 0) is 18.6 Å². The van der Waals surface area contributed by atoms with Crippen molar-refractivity contribution in [3.8, 4) is 0 Å². The summed E-state index contributed by atoms with van der Waals surface area (Å²) in [6.45, 7) is 3.08. The number of nitrogens with zero attached hydrogens (tertiary/aromatic N) is 3. The van der Waals surface area contributed by atoms with E-state index in [1.165, 1.54) is 0 Å². The Morgan fingerprint density at radius 1 is 1.24 bits per heavy atom. The summed E-state index contributed by atoms with van der Waals surface area (Å²) in [7, 11) is 0. The molecule has 0 aliphatic heterocycles. The van der Waals surface area contributed by atoms with Crippen LogP contribution in [0, 0.1) is 0 Å². The molecule has 0 atom stereocenters. The second-order valence-electron chi connectivity index (χ2n) is 3.72.